The number of amides is 1. The van der Waals surface area contributed by atoms with Crippen LogP contribution in [0.1, 0.15) is 21.5 Å². The molecule has 4 heterocycles. The molecule has 0 saturated heterocycles. The van der Waals surface area contributed by atoms with Crippen molar-refractivity contribution < 1.29 is 14.7 Å². The largest absolute Gasteiger partial charge is 0.481 e. The number of imidazole rings is 1. The number of benzene rings is 2. The Morgan fingerprint density at radius 1 is 0.881 bits per heavy atom. The SMILES string of the molecule is Nc1ncccc1-c1nc2ccc(-c3cccnc3)nc2n1-c1ccc(CNC(=O)c2cccc(CC(=O)O)c2)cc1. The number of aromatic nitrogens is 5. The van der Waals surface area contributed by atoms with Gasteiger partial charge < -0.3 is 16.2 Å². The molecule has 206 valence electrons. The highest BCUT2D eigenvalue weighted by atomic mass is 16.4. The van der Waals surface area contributed by atoms with Crippen LogP contribution in [0.5, 0.6) is 0 Å². The summed E-state index contributed by atoms with van der Waals surface area (Å²) in [6, 6.07) is 25.7. The maximum absolute atomic E-state index is 12.7. The molecule has 0 unspecified atom stereocenters. The second-order valence-electron chi connectivity index (χ2n) is 9.61. The monoisotopic (exact) mass is 555 g/mol. The van der Waals surface area contributed by atoms with E-state index in [1.807, 2.05) is 65.2 Å². The lowest BCUT2D eigenvalue weighted by Gasteiger charge is -2.12. The Bertz CT molecular complexity index is 1920. The predicted octanol–water partition coefficient (Wildman–Crippen LogP) is 4.68. The molecule has 2 aromatic carbocycles. The van der Waals surface area contributed by atoms with E-state index < -0.39 is 5.97 Å². The molecule has 0 aliphatic heterocycles. The number of carbonyl (C=O) groups is 2. The lowest BCUT2D eigenvalue weighted by atomic mass is 10.1. The Labute approximate surface area is 240 Å². The van der Waals surface area contributed by atoms with Crippen molar-refractivity contribution in [2.24, 2.45) is 0 Å². The van der Waals surface area contributed by atoms with Gasteiger partial charge in [0.05, 0.1) is 17.7 Å². The molecule has 0 fully saturated rings. The van der Waals surface area contributed by atoms with E-state index in [9.17, 15) is 9.59 Å². The normalized spacial score (nSPS) is 11.0. The van der Waals surface area contributed by atoms with Crippen molar-refractivity contribution in [3.63, 3.8) is 0 Å². The van der Waals surface area contributed by atoms with Crippen LogP contribution in [0.3, 0.4) is 0 Å². The summed E-state index contributed by atoms with van der Waals surface area (Å²) in [4.78, 5) is 42.0. The molecule has 4 N–H and O–H groups in total. The molecule has 0 atom stereocenters. The quantitative estimate of drug-likeness (QED) is 0.245. The number of fused-ring (bicyclic) bond motifs is 1. The van der Waals surface area contributed by atoms with E-state index >= 15 is 0 Å². The van der Waals surface area contributed by atoms with E-state index in [-0.39, 0.29) is 12.3 Å². The minimum atomic E-state index is -0.948. The molecule has 0 spiro atoms. The number of nitrogens with one attached hydrogen (secondary N) is 1. The van der Waals surface area contributed by atoms with Gasteiger partial charge >= 0.3 is 5.97 Å². The van der Waals surface area contributed by atoms with E-state index in [0.29, 0.717) is 46.0 Å². The van der Waals surface area contributed by atoms with Gasteiger partial charge in [-0.25, -0.2) is 15.0 Å². The Kier molecular flexibility index (Phi) is 7.08. The van der Waals surface area contributed by atoms with Crippen LogP contribution in [0.2, 0.25) is 0 Å². The third kappa shape index (κ3) is 5.41. The Hall–Kier alpha value is -5.90. The van der Waals surface area contributed by atoms with Gasteiger partial charge in [0.1, 0.15) is 11.3 Å². The Morgan fingerprint density at radius 3 is 2.48 bits per heavy atom. The predicted molar refractivity (Wildman–Crippen MR) is 159 cm³/mol. The third-order valence-electron chi connectivity index (χ3n) is 6.73. The van der Waals surface area contributed by atoms with Crippen LogP contribution in [0.15, 0.2) is 104 Å². The molecular weight excluding hydrogens is 530 g/mol. The first-order chi connectivity index (χ1) is 20.5. The van der Waals surface area contributed by atoms with Crippen molar-refractivity contribution in [1.29, 1.82) is 0 Å². The molecule has 10 nitrogen and oxygen atoms in total. The summed E-state index contributed by atoms with van der Waals surface area (Å²) in [6.45, 7) is 0.290. The van der Waals surface area contributed by atoms with Crippen LogP contribution >= 0.6 is 0 Å². The number of rotatable bonds is 8. The topological polar surface area (TPSA) is 149 Å². The van der Waals surface area contributed by atoms with Crippen molar-refractivity contribution in [2.45, 2.75) is 13.0 Å². The second-order valence-corrected chi connectivity index (χ2v) is 9.61. The standard InChI is InChI=1S/C32H25N7O3/c33-29-25(7-3-15-35-29)30-38-27-13-12-26(23-6-2-14-34-19-23)37-31(27)39(30)24-10-8-20(9-11-24)18-36-32(42)22-5-1-4-21(16-22)17-28(40)41/h1-16,19H,17-18H2,(H2,33,35)(H,36,42)(H,40,41). The zero-order valence-electron chi connectivity index (χ0n) is 22.3. The van der Waals surface area contributed by atoms with Crippen LogP contribution in [0.25, 0.3) is 39.5 Å². The molecule has 0 bridgehead atoms. The van der Waals surface area contributed by atoms with Crippen LogP contribution in [-0.4, -0.2) is 41.5 Å². The first-order valence-corrected chi connectivity index (χ1v) is 13.2. The van der Waals surface area contributed by atoms with E-state index in [1.54, 1.807) is 42.9 Å². The smallest absolute Gasteiger partial charge is 0.307 e. The van der Waals surface area contributed by atoms with Crippen molar-refractivity contribution >= 4 is 28.9 Å². The van der Waals surface area contributed by atoms with Gasteiger partial charge in [0.25, 0.3) is 5.91 Å². The molecule has 6 aromatic rings. The molecule has 6 rings (SSSR count). The number of hydrogen-bond donors (Lipinski definition) is 3. The maximum atomic E-state index is 12.7. The summed E-state index contributed by atoms with van der Waals surface area (Å²) in [5.41, 5.74) is 12.6. The minimum Gasteiger partial charge on any atom is -0.481 e. The van der Waals surface area contributed by atoms with Gasteiger partial charge in [-0.15, -0.1) is 0 Å². The highest BCUT2D eigenvalue weighted by Gasteiger charge is 2.19. The number of nitrogens with two attached hydrogens (primary N) is 1. The van der Waals surface area contributed by atoms with Crippen LogP contribution in [0.4, 0.5) is 5.82 Å². The fraction of sp³-hybridized carbons (Fsp3) is 0.0625. The van der Waals surface area contributed by atoms with E-state index in [0.717, 1.165) is 22.5 Å². The molecule has 42 heavy (non-hydrogen) atoms. The second kappa shape index (κ2) is 11.3. The molecule has 0 aliphatic rings. The summed E-state index contributed by atoms with van der Waals surface area (Å²) >= 11 is 0. The highest BCUT2D eigenvalue weighted by Crippen LogP contribution is 2.31. The Balaban J connectivity index is 1.32. The highest BCUT2D eigenvalue weighted by molar-refractivity contribution is 5.94. The summed E-state index contributed by atoms with van der Waals surface area (Å²) in [6.07, 6.45) is 4.98. The average Bonchev–Trinajstić information content (AvgIpc) is 3.39. The van der Waals surface area contributed by atoms with Gasteiger partial charge in [-0.05, 0) is 71.8 Å². The first kappa shape index (κ1) is 26.3. The number of hydrogen-bond acceptors (Lipinski definition) is 7. The van der Waals surface area contributed by atoms with Gasteiger partial charge in [-0.1, -0.05) is 24.3 Å². The number of carboxylic acid groups (broad SMARTS) is 1. The minimum absolute atomic E-state index is 0.142. The van der Waals surface area contributed by atoms with Crippen molar-refractivity contribution in [3.05, 3.63) is 120 Å². The van der Waals surface area contributed by atoms with Crippen LogP contribution < -0.4 is 11.1 Å². The number of aliphatic carboxylic acids is 1. The molecule has 10 heteroatoms. The zero-order chi connectivity index (χ0) is 29.1. The fourth-order valence-electron chi connectivity index (χ4n) is 4.71. The van der Waals surface area contributed by atoms with Crippen molar-refractivity contribution in [3.8, 4) is 28.3 Å². The number of nitrogen functional groups attached to an aromatic ring is 1. The molecule has 0 aliphatic carbocycles. The summed E-state index contributed by atoms with van der Waals surface area (Å²) in [5.74, 6) is -0.272. The Morgan fingerprint density at radius 2 is 1.71 bits per heavy atom. The zero-order valence-corrected chi connectivity index (χ0v) is 22.3. The van der Waals surface area contributed by atoms with E-state index in [1.165, 1.54) is 0 Å². The summed E-state index contributed by atoms with van der Waals surface area (Å²) in [5, 5.41) is 11.9. The van der Waals surface area contributed by atoms with Gasteiger partial charge in [0.2, 0.25) is 0 Å². The lowest BCUT2D eigenvalue weighted by molar-refractivity contribution is -0.136. The fourth-order valence-corrected chi connectivity index (χ4v) is 4.71. The third-order valence-corrected chi connectivity index (χ3v) is 6.73. The maximum Gasteiger partial charge on any atom is 0.307 e. The van der Waals surface area contributed by atoms with Crippen LogP contribution in [0, 0.1) is 0 Å². The molecule has 0 radical (unpaired) electrons. The van der Waals surface area contributed by atoms with Crippen molar-refractivity contribution in [1.82, 2.24) is 29.8 Å². The molecule has 1 amide bonds. The van der Waals surface area contributed by atoms with Gasteiger partial charge in [0.15, 0.2) is 11.5 Å². The number of pyridine rings is 3. The van der Waals surface area contributed by atoms with Gasteiger partial charge in [-0.3, -0.25) is 19.1 Å². The number of carboxylic acids is 1. The van der Waals surface area contributed by atoms with E-state index in [4.69, 9.17) is 20.8 Å². The van der Waals surface area contributed by atoms with Crippen molar-refractivity contribution in [2.75, 3.05) is 5.73 Å². The van der Waals surface area contributed by atoms with Gasteiger partial charge in [0, 0.05) is 41.9 Å². The number of anilines is 1. The summed E-state index contributed by atoms with van der Waals surface area (Å²) in [7, 11) is 0. The summed E-state index contributed by atoms with van der Waals surface area (Å²) < 4.78 is 1.94. The number of nitrogens with zero attached hydrogens (tertiary/aromatic N) is 5. The van der Waals surface area contributed by atoms with E-state index in [2.05, 4.69) is 15.3 Å². The average molecular weight is 556 g/mol. The molecule has 0 saturated carbocycles. The van der Waals surface area contributed by atoms with Crippen LogP contribution in [-0.2, 0) is 17.8 Å². The number of carbonyl (C=O) groups excluding carboxylic acids is 1. The molecule has 4 aromatic heterocycles. The first-order valence-electron chi connectivity index (χ1n) is 13.2. The lowest BCUT2D eigenvalue weighted by Crippen LogP contribution is -2.23. The van der Waals surface area contributed by atoms with Gasteiger partial charge in [-0.2, -0.15) is 0 Å². The molecular formula is C32H25N7O3.